The third-order valence-electron chi connectivity index (χ3n) is 3.83. The van der Waals surface area contributed by atoms with Crippen molar-refractivity contribution in [2.45, 2.75) is 38.3 Å². The monoisotopic (exact) mass is 278 g/mol. The minimum absolute atomic E-state index is 0.224. The first kappa shape index (κ1) is 14.9. The van der Waals surface area contributed by atoms with Crippen LogP contribution in [0, 0.1) is 0 Å². The largest absolute Gasteiger partial charge is 0.377 e. The molecule has 0 saturated carbocycles. The predicted molar refractivity (Wildman–Crippen MR) is 74.9 cm³/mol. The maximum atomic E-state index is 11.3. The molecule has 1 aromatic heterocycles. The van der Waals surface area contributed by atoms with Gasteiger partial charge in [0, 0.05) is 31.5 Å². The molecule has 0 bridgehead atoms. The van der Waals surface area contributed by atoms with Crippen LogP contribution < -0.4 is 5.73 Å². The van der Waals surface area contributed by atoms with E-state index in [1.165, 1.54) is 0 Å². The van der Waals surface area contributed by atoms with Crippen LogP contribution in [-0.4, -0.2) is 47.0 Å². The number of ether oxygens (including phenoxy) is 1. The van der Waals surface area contributed by atoms with Gasteiger partial charge in [-0.25, -0.2) is 9.97 Å². The molecule has 1 fully saturated rings. The standard InChI is InChI=1S/C14H22N4O2/c1-10(14(15)19)18-7-3-4-11(8-18)12-5-6-16-13(17-12)9-20-2/h5-6,10-11H,3-4,7-9H2,1-2H3,(H2,15,19). The van der Waals surface area contributed by atoms with E-state index < -0.39 is 0 Å². The molecule has 2 heterocycles. The number of nitrogens with two attached hydrogens (primary N) is 1. The number of amides is 1. The van der Waals surface area contributed by atoms with Crippen LogP contribution >= 0.6 is 0 Å². The summed E-state index contributed by atoms with van der Waals surface area (Å²) in [5.41, 5.74) is 6.41. The minimum atomic E-state index is -0.270. The molecule has 1 saturated heterocycles. The lowest BCUT2D eigenvalue weighted by Gasteiger charge is -2.35. The summed E-state index contributed by atoms with van der Waals surface area (Å²) in [6, 6.07) is 1.72. The number of nitrogens with zero attached hydrogens (tertiary/aromatic N) is 3. The summed E-state index contributed by atoms with van der Waals surface area (Å²) in [5, 5.41) is 0. The predicted octanol–water partition coefficient (Wildman–Crippen LogP) is 0.676. The molecule has 0 aliphatic carbocycles. The van der Waals surface area contributed by atoms with Gasteiger partial charge in [0.15, 0.2) is 5.82 Å². The second-order valence-electron chi connectivity index (χ2n) is 5.24. The fourth-order valence-corrected chi connectivity index (χ4v) is 2.62. The van der Waals surface area contributed by atoms with Gasteiger partial charge < -0.3 is 10.5 Å². The second-order valence-corrected chi connectivity index (χ2v) is 5.24. The summed E-state index contributed by atoms with van der Waals surface area (Å²) in [7, 11) is 1.63. The average molecular weight is 278 g/mol. The molecule has 110 valence electrons. The zero-order chi connectivity index (χ0) is 14.5. The summed E-state index contributed by atoms with van der Waals surface area (Å²) in [5.74, 6) is 0.752. The Morgan fingerprint density at radius 1 is 1.65 bits per heavy atom. The lowest BCUT2D eigenvalue weighted by molar-refractivity contribution is -0.123. The first-order chi connectivity index (χ1) is 9.61. The van der Waals surface area contributed by atoms with Gasteiger partial charge in [-0.2, -0.15) is 0 Å². The lowest BCUT2D eigenvalue weighted by Crippen LogP contribution is -2.47. The summed E-state index contributed by atoms with van der Waals surface area (Å²) in [6.45, 7) is 4.01. The molecule has 0 spiro atoms. The number of hydrogen-bond donors (Lipinski definition) is 1. The highest BCUT2D eigenvalue weighted by molar-refractivity contribution is 5.79. The fourth-order valence-electron chi connectivity index (χ4n) is 2.62. The van der Waals surface area contributed by atoms with Crippen molar-refractivity contribution in [1.82, 2.24) is 14.9 Å². The molecule has 0 aromatic carbocycles. The van der Waals surface area contributed by atoms with Gasteiger partial charge in [0.2, 0.25) is 5.91 Å². The van der Waals surface area contributed by atoms with E-state index in [9.17, 15) is 4.79 Å². The van der Waals surface area contributed by atoms with Crippen molar-refractivity contribution < 1.29 is 9.53 Å². The highest BCUT2D eigenvalue weighted by Crippen LogP contribution is 2.26. The summed E-state index contributed by atoms with van der Waals surface area (Å²) >= 11 is 0. The van der Waals surface area contributed by atoms with Crippen LogP contribution in [0.2, 0.25) is 0 Å². The molecular formula is C14H22N4O2. The van der Waals surface area contributed by atoms with Crippen LogP contribution in [-0.2, 0) is 16.1 Å². The smallest absolute Gasteiger partial charge is 0.234 e. The number of piperidine rings is 1. The molecule has 0 radical (unpaired) electrons. The van der Waals surface area contributed by atoms with E-state index in [1.54, 1.807) is 13.3 Å². The zero-order valence-electron chi connectivity index (χ0n) is 12.1. The molecule has 1 aromatic rings. The Balaban J connectivity index is 2.08. The van der Waals surface area contributed by atoms with Crippen molar-refractivity contribution in [2.24, 2.45) is 5.73 Å². The number of primary amides is 1. The van der Waals surface area contributed by atoms with E-state index in [4.69, 9.17) is 10.5 Å². The Hall–Kier alpha value is -1.53. The number of hydrogen-bond acceptors (Lipinski definition) is 5. The quantitative estimate of drug-likeness (QED) is 0.856. The minimum Gasteiger partial charge on any atom is -0.377 e. The molecule has 1 aliphatic heterocycles. The maximum absolute atomic E-state index is 11.3. The van der Waals surface area contributed by atoms with E-state index in [-0.39, 0.29) is 11.9 Å². The van der Waals surface area contributed by atoms with Gasteiger partial charge >= 0.3 is 0 Å². The summed E-state index contributed by atoms with van der Waals surface area (Å²) in [4.78, 5) is 22.2. The molecule has 20 heavy (non-hydrogen) atoms. The van der Waals surface area contributed by atoms with Crippen LogP contribution in [0.25, 0.3) is 0 Å². The Kier molecular flexibility index (Phi) is 5.03. The van der Waals surface area contributed by atoms with Gasteiger partial charge in [0.05, 0.1) is 6.04 Å². The highest BCUT2D eigenvalue weighted by atomic mass is 16.5. The van der Waals surface area contributed by atoms with Gasteiger partial charge in [-0.3, -0.25) is 9.69 Å². The number of methoxy groups -OCH3 is 1. The Morgan fingerprint density at radius 2 is 2.45 bits per heavy atom. The maximum Gasteiger partial charge on any atom is 0.234 e. The average Bonchev–Trinajstić information content (AvgIpc) is 2.47. The lowest BCUT2D eigenvalue weighted by atomic mass is 9.93. The molecule has 2 atom stereocenters. The van der Waals surface area contributed by atoms with E-state index in [0.717, 1.165) is 31.6 Å². The van der Waals surface area contributed by atoms with Crippen LogP contribution in [0.4, 0.5) is 0 Å². The molecule has 6 nitrogen and oxygen atoms in total. The van der Waals surface area contributed by atoms with Crippen molar-refractivity contribution >= 4 is 5.91 Å². The SMILES string of the molecule is COCc1nccc(C2CCCN(C(C)C(N)=O)C2)n1. The zero-order valence-corrected chi connectivity index (χ0v) is 12.1. The third-order valence-corrected chi connectivity index (χ3v) is 3.83. The number of carbonyl (C=O) groups excluding carboxylic acids is 1. The summed E-state index contributed by atoms with van der Waals surface area (Å²) in [6.07, 6.45) is 3.89. The van der Waals surface area contributed by atoms with Gasteiger partial charge in [-0.05, 0) is 32.4 Å². The van der Waals surface area contributed by atoms with Gasteiger partial charge in [0.25, 0.3) is 0 Å². The van der Waals surface area contributed by atoms with Crippen molar-refractivity contribution in [3.8, 4) is 0 Å². The molecular weight excluding hydrogens is 256 g/mol. The number of likely N-dealkylation sites (tertiary alicyclic amines) is 1. The fraction of sp³-hybridized carbons (Fsp3) is 0.643. The number of rotatable bonds is 5. The van der Waals surface area contributed by atoms with Crippen LogP contribution in [0.5, 0.6) is 0 Å². The van der Waals surface area contributed by atoms with Gasteiger partial charge in [-0.1, -0.05) is 0 Å². The Labute approximate surface area is 119 Å². The second kappa shape index (κ2) is 6.76. The van der Waals surface area contributed by atoms with Crippen molar-refractivity contribution in [1.29, 1.82) is 0 Å². The van der Waals surface area contributed by atoms with Crippen molar-refractivity contribution in [2.75, 3.05) is 20.2 Å². The molecule has 2 N–H and O–H groups in total. The summed E-state index contributed by atoms with van der Waals surface area (Å²) < 4.78 is 5.06. The Bertz CT molecular complexity index is 466. The Morgan fingerprint density at radius 3 is 3.15 bits per heavy atom. The van der Waals surface area contributed by atoms with Gasteiger partial charge in [-0.15, -0.1) is 0 Å². The van der Waals surface area contributed by atoms with E-state index in [1.807, 2.05) is 13.0 Å². The number of aromatic nitrogens is 2. The van der Waals surface area contributed by atoms with E-state index in [0.29, 0.717) is 18.3 Å². The molecule has 2 unspecified atom stereocenters. The number of carbonyl (C=O) groups is 1. The molecule has 2 rings (SSSR count). The first-order valence-electron chi connectivity index (χ1n) is 6.96. The van der Waals surface area contributed by atoms with Crippen LogP contribution in [0.1, 0.15) is 37.2 Å². The van der Waals surface area contributed by atoms with Crippen LogP contribution in [0.15, 0.2) is 12.3 Å². The van der Waals surface area contributed by atoms with Gasteiger partial charge in [0.1, 0.15) is 6.61 Å². The molecule has 1 aliphatic rings. The highest BCUT2D eigenvalue weighted by Gasteiger charge is 2.27. The first-order valence-corrected chi connectivity index (χ1v) is 6.96. The van der Waals surface area contributed by atoms with Crippen LogP contribution in [0.3, 0.4) is 0 Å². The van der Waals surface area contributed by atoms with E-state index in [2.05, 4.69) is 14.9 Å². The van der Waals surface area contributed by atoms with E-state index >= 15 is 0 Å². The normalized spacial score (nSPS) is 21.6. The third kappa shape index (κ3) is 3.52. The van der Waals surface area contributed by atoms with Crippen molar-refractivity contribution in [3.63, 3.8) is 0 Å². The van der Waals surface area contributed by atoms with Crippen molar-refractivity contribution in [3.05, 3.63) is 23.8 Å². The topological polar surface area (TPSA) is 81.3 Å². The molecule has 1 amide bonds. The molecule has 6 heteroatoms.